The van der Waals surface area contributed by atoms with E-state index in [1.54, 1.807) is 0 Å². The quantitative estimate of drug-likeness (QED) is 0.695. The van der Waals surface area contributed by atoms with Gasteiger partial charge in [0.15, 0.2) is 0 Å². The van der Waals surface area contributed by atoms with Crippen LogP contribution in [0.3, 0.4) is 0 Å². The molecular weight excluding hydrogens is 176 g/mol. The summed E-state index contributed by atoms with van der Waals surface area (Å²) in [5.74, 6) is 0.918. The molecule has 1 aromatic rings. The second-order valence-corrected chi connectivity index (χ2v) is 3.72. The first kappa shape index (κ1) is 10.4. The van der Waals surface area contributed by atoms with Crippen molar-refractivity contribution in [2.24, 2.45) is 0 Å². The highest BCUT2D eigenvalue weighted by Crippen LogP contribution is 2.12. The number of allylic oxidation sites excluding steroid dienone is 1. The van der Waals surface area contributed by atoms with E-state index in [2.05, 4.69) is 56.8 Å². The van der Waals surface area contributed by atoms with Crippen molar-refractivity contribution in [1.82, 2.24) is 0 Å². The van der Waals surface area contributed by atoms with E-state index in [-0.39, 0.29) is 0 Å². The summed E-state index contributed by atoms with van der Waals surface area (Å²) in [6, 6.07) is 6.52. The molecule has 0 aliphatic heterocycles. The molecule has 0 bridgehead atoms. The number of hydrogen-bond donors (Lipinski definition) is 1. The van der Waals surface area contributed by atoms with Crippen molar-refractivity contribution in [2.75, 3.05) is 5.75 Å². The molecule has 0 aliphatic rings. The fraction of sp³-hybridized carbons (Fsp3) is 0.333. The highest BCUT2D eigenvalue weighted by Gasteiger charge is 1.92. The van der Waals surface area contributed by atoms with Crippen LogP contribution in [0.25, 0.3) is 6.08 Å². The van der Waals surface area contributed by atoms with Gasteiger partial charge >= 0.3 is 0 Å². The van der Waals surface area contributed by atoms with Crippen molar-refractivity contribution in [3.8, 4) is 0 Å². The van der Waals surface area contributed by atoms with Crippen molar-refractivity contribution < 1.29 is 0 Å². The predicted octanol–water partition coefficient (Wildman–Crippen LogP) is 3.64. The Bertz CT molecular complexity index is 300. The minimum absolute atomic E-state index is 0.918. The summed E-state index contributed by atoms with van der Waals surface area (Å²) in [7, 11) is 0. The van der Waals surface area contributed by atoms with Gasteiger partial charge in [-0.25, -0.2) is 0 Å². The van der Waals surface area contributed by atoms with Crippen LogP contribution in [0.15, 0.2) is 24.3 Å². The molecule has 0 nitrogen and oxygen atoms in total. The number of benzene rings is 1. The normalized spacial score (nSPS) is 11.0. The molecule has 0 radical (unpaired) electrons. The van der Waals surface area contributed by atoms with Gasteiger partial charge in [-0.2, -0.15) is 12.6 Å². The fourth-order valence-electron chi connectivity index (χ4n) is 1.30. The maximum absolute atomic E-state index is 4.16. The number of aryl methyl sites for hydroxylation is 2. The molecule has 1 heteroatoms. The Morgan fingerprint density at radius 2 is 2.08 bits per heavy atom. The lowest BCUT2D eigenvalue weighted by molar-refractivity contribution is 1.26. The molecule has 1 aromatic carbocycles. The van der Waals surface area contributed by atoms with Crippen LogP contribution in [0.4, 0.5) is 0 Å². The molecule has 0 amide bonds. The van der Waals surface area contributed by atoms with Crippen molar-refractivity contribution >= 4 is 18.7 Å². The van der Waals surface area contributed by atoms with Crippen LogP contribution in [-0.2, 0) is 0 Å². The third kappa shape index (κ3) is 3.27. The van der Waals surface area contributed by atoms with Gasteiger partial charge in [0.25, 0.3) is 0 Å². The molecule has 0 fully saturated rings. The average molecular weight is 192 g/mol. The van der Waals surface area contributed by atoms with Gasteiger partial charge in [-0.05, 0) is 37.1 Å². The van der Waals surface area contributed by atoms with Gasteiger partial charge in [0.1, 0.15) is 0 Å². The summed E-state index contributed by atoms with van der Waals surface area (Å²) >= 11 is 4.16. The van der Waals surface area contributed by atoms with Crippen LogP contribution in [0.5, 0.6) is 0 Å². The van der Waals surface area contributed by atoms with Crippen LogP contribution in [-0.4, -0.2) is 5.75 Å². The van der Waals surface area contributed by atoms with Gasteiger partial charge in [-0.15, -0.1) is 0 Å². The number of hydrogen-bond acceptors (Lipinski definition) is 1. The van der Waals surface area contributed by atoms with Crippen molar-refractivity contribution in [3.63, 3.8) is 0 Å². The molecule has 0 saturated carbocycles. The lowest BCUT2D eigenvalue weighted by Gasteiger charge is -2.00. The van der Waals surface area contributed by atoms with E-state index in [4.69, 9.17) is 0 Å². The number of thiol groups is 1. The van der Waals surface area contributed by atoms with Crippen molar-refractivity contribution in [1.29, 1.82) is 0 Å². The van der Waals surface area contributed by atoms with Gasteiger partial charge in [-0.1, -0.05) is 35.9 Å². The predicted molar refractivity (Wildman–Crippen MR) is 63.4 cm³/mol. The molecule has 0 aromatic heterocycles. The molecule has 0 spiro atoms. The maximum Gasteiger partial charge on any atom is -0.00632 e. The van der Waals surface area contributed by atoms with Gasteiger partial charge in [0.2, 0.25) is 0 Å². The zero-order valence-corrected chi connectivity index (χ0v) is 9.14. The van der Waals surface area contributed by atoms with Crippen LogP contribution in [0.1, 0.15) is 23.1 Å². The van der Waals surface area contributed by atoms with Crippen LogP contribution in [0.2, 0.25) is 0 Å². The van der Waals surface area contributed by atoms with Crippen LogP contribution < -0.4 is 0 Å². The second kappa shape index (κ2) is 5.13. The molecular formula is C12H16S. The van der Waals surface area contributed by atoms with E-state index in [0.29, 0.717) is 0 Å². The summed E-state index contributed by atoms with van der Waals surface area (Å²) in [5, 5.41) is 0. The molecule has 0 heterocycles. The molecule has 0 aliphatic carbocycles. The Balaban J connectivity index is 2.77. The highest BCUT2D eigenvalue weighted by atomic mass is 32.1. The molecule has 1 rings (SSSR count). The molecule has 0 atom stereocenters. The number of rotatable bonds is 3. The Morgan fingerprint density at radius 3 is 2.69 bits per heavy atom. The van der Waals surface area contributed by atoms with Gasteiger partial charge in [-0.3, -0.25) is 0 Å². The monoisotopic (exact) mass is 192 g/mol. The molecule has 0 unspecified atom stereocenters. The SMILES string of the molecule is Cc1ccc(C=CCCS)c(C)c1. The zero-order valence-electron chi connectivity index (χ0n) is 8.25. The second-order valence-electron chi connectivity index (χ2n) is 3.27. The molecule has 13 heavy (non-hydrogen) atoms. The van der Waals surface area contributed by atoms with Crippen molar-refractivity contribution in [3.05, 3.63) is 41.0 Å². The average Bonchev–Trinajstić information content (AvgIpc) is 2.09. The highest BCUT2D eigenvalue weighted by molar-refractivity contribution is 7.80. The summed E-state index contributed by atoms with van der Waals surface area (Å²) < 4.78 is 0. The summed E-state index contributed by atoms with van der Waals surface area (Å²) in [6.07, 6.45) is 5.38. The lowest BCUT2D eigenvalue weighted by Crippen LogP contribution is -1.81. The first-order valence-corrected chi connectivity index (χ1v) is 5.22. The molecule has 0 N–H and O–H groups in total. The third-order valence-corrected chi connectivity index (χ3v) is 2.28. The first-order valence-electron chi connectivity index (χ1n) is 4.58. The van der Waals surface area contributed by atoms with E-state index in [0.717, 1.165) is 12.2 Å². The first-order chi connectivity index (χ1) is 6.24. The summed E-state index contributed by atoms with van der Waals surface area (Å²) in [6.45, 7) is 4.27. The topological polar surface area (TPSA) is 0 Å². The summed E-state index contributed by atoms with van der Waals surface area (Å²) in [4.78, 5) is 0. The Labute approximate surface area is 86.1 Å². The molecule has 0 saturated heterocycles. The minimum atomic E-state index is 0.918. The Morgan fingerprint density at radius 1 is 1.31 bits per heavy atom. The van der Waals surface area contributed by atoms with E-state index in [1.807, 2.05) is 0 Å². The smallest absolute Gasteiger partial charge is 0.00632 e. The van der Waals surface area contributed by atoms with Crippen molar-refractivity contribution in [2.45, 2.75) is 20.3 Å². The maximum atomic E-state index is 4.16. The standard InChI is InChI=1S/C12H16S/c1-10-6-7-12(11(2)9-10)5-3-4-8-13/h3,5-7,9,13H,4,8H2,1-2H3. The molecule has 70 valence electrons. The van der Waals surface area contributed by atoms with Gasteiger partial charge < -0.3 is 0 Å². The van der Waals surface area contributed by atoms with Gasteiger partial charge in [0.05, 0.1) is 0 Å². The third-order valence-electron chi connectivity index (χ3n) is 2.02. The van der Waals surface area contributed by atoms with E-state index < -0.39 is 0 Å². The van der Waals surface area contributed by atoms with E-state index >= 15 is 0 Å². The lowest BCUT2D eigenvalue weighted by atomic mass is 10.1. The summed E-state index contributed by atoms with van der Waals surface area (Å²) in [5.41, 5.74) is 3.98. The van der Waals surface area contributed by atoms with E-state index in [9.17, 15) is 0 Å². The largest absolute Gasteiger partial charge is 0.179 e. The van der Waals surface area contributed by atoms with Gasteiger partial charge in [0, 0.05) is 0 Å². The van der Waals surface area contributed by atoms with E-state index in [1.165, 1.54) is 16.7 Å². The Hall–Kier alpha value is -0.690. The Kier molecular flexibility index (Phi) is 4.10. The van der Waals surface area contributed by atoms with Crippen LogP contribution >= 0.6 is 12.6 Å². The zero-order chi connectivity index (χ0) is 9.68. The fourth-order valence-corrected chi connectivity index (χ4v) is 1.45. The van der Waals surface area contributed by atoms with Crippen LogP contribution in [0, 0.1) is 13.8 Å². The minimum Gasteiger partial charge on any atom is -0.179 e.